The molecule has 0 spiro atoms. The molecule has 3 aliphatic rings. The standard InChI is InChI=1S/C21H27N5O3/c1-13-7-5-8-16(11-13)12-25-19(28)17-18(23(4)21(25)29)22-20-24(9-6-10-27)14(2)15(3)26(17)20/h5,7-8,11,17-18,27H,6,9-10,12H2,1-4H3. The van der Waals surface area contributed by atoms with Crippen LogP contribution in [0.15, 0.2) is 40.7 Å². The number of hydrogen-bond donors (Lipinski definition) is 1. The Morgan fingerprint density at radius 3 is 2.55 bits per heavy atom. The van der Waals surface area contributed by atoms with Gasteiger partial charge in [-0.15, -0.1) is 0 Å². The summed E-state index contributed by atoms with van der Waals surface area (Å²) in [4.78, 5) is 38.0. The highest BCUT2D eigenvalue weighted by Crippen LogP contribution is 2.38. The van der Waals surface area contributed by atoms with E-state index in [0.29, 0.717) is 18.9 Å². The lowest BCUT2D eigenvalue weighted by atomic mass is 10.1. The zero-order chi connectivity index (χ0) is 20.9. The van der Waals surface area contributed by atoms with Crippen molar-refractivity contribution in [3.05, 3.63) is 46.8 Å². The number of guanidine groups is 1. The summed E-state index contributed by atoms with van der Waals surface area (Å²) in [6.07, 6.45) is 0.0630. The number of allylic oxidation sites excluding steroid dienone is 2. The third-order valence-corrected chi connectivity index (χ3v) is 5.97. The number of nitrogens with zero attached hydrogens (tertiary/aromatic N) is 5. The Balaban J connectivity index is 1.65. The molecule has 8 nitrogen and oxygen atoms in total. The Morgan fingerprint density at radius 2 is 1.86 bits per heavy atom. The Hall–Kier alpha value is -2.87. The fraction of sp³-hybridized carbons (Fsp3) is 0.476. The third kappa shape index (κ3) is 2.98. The summed E-state index contributed by atoms with van der Waals surface area (Å²) in [6, 6.07) is 6.95. The summed E-state index contributed by atoms with van der Waals surface area (Å²) in [7, 11) is 1.70. The highest BCUT2D eigenvalue weighted by Gasteiger charge is 2.55. The molecule has 1 aromatic rings. The number of benzene rings is 1. The van der Waals surface area contributed by atoms with Gasteiger partial charge in [0.25, 0.3) is 5.91 Å². The van der Waals surface area contributed by atoms with Crippen molar-refractivity contribution >= 4 is 17.9 Å². The molecule has 0 saturated carbocycles. The molecular weight excluding hydrogens is 370 g/mol. The third-order valence-electron chi connectivity index (χ3n) is 5.97. The van der Waals surface area contributed by atoms with Gasteiger partial charge in [-0.1, -0.05) is 29.8 Å². The topological polar surface area (TPSA) is 79.7 Å². The van der Waals surface area contributed by atoms with Crippen molar-refractivity contribution in [2.45, 2.75) is 45.9 Å². The van der Waals surface area contributed by atoms with Crippen LogP contribution in [0.2, 0.25) is 0 Å². The quantitative estimate of drug-likeness (QED) is 0.818. The fourth-order valence-electron chi connectivity index (χ4n) is 4.32. The summed E-state index contributed by atoms with van der Waals surface area (Å²) >= 11 is 0. The molecule has 3 aliphatic heterocycles. The van der Waals surface area contributed by atoms with Crippen molar-refractivity contribution in [2.75, 3.05) is 20.2 Å². The second-order valence-electron chi connectivity index (χ2n) is 7.86. The number of rotatable bonds is 5. The zero-order valence-electron chi connectivity index (χ0n) is 17.3. The maximum absolute atomic E-state index is 13.5. The van der Waals surface area contributed by atoms with Crippen LogP contribution in [0.4, 0.5) is 4.79 Å². The van der Waals surface area contributed by atoms with Crippen LogP contribution in [-0.2, 0) is 11.3 Å². The van der Waals surface area contributed by atoms with Gasteiger partial charge in [0, 0.05) is 31.6 Å². The van der Waals surface area contributed by atoms with Crippen LogP contribution in [-0.4, -0.2) is 75.0 Å². The molecule has 1 fully saturated rings. The van der Waals surface area contributed by atoms with E-state index in [9.17, 15) is 14.7 Å². The van der Waals surface area contributed by atoms with E-state index in [0.717, 1.165) is 22.5 Å². The Morgan fingerprint density at radius 1 is 1.10 bits per heavy atom. The van der Waals surface area contributed by atoms with Gasteiger partial charge in [-0.3, -0.25) is 14.6 Å². The van der Waals surface area contributed by atoms with Gasteiger partial charge in [0.05, 0.1) is 6.54 Å². The highest BCUT2D eigenvalue weighted by atomic mass is 16.3. The number of aliphatic hydroxyl groups is 1. The molecule has 8 heteroatoms. The van der Waals surface area contributed by atoms with Crippen molar-refractivity contribution in [2.24, 2.45) is 4.99 Å². The van der Waals surface area contributed by atoms with Gasteiger partial charge < -0.3 is 14.9 Å². The number of aliphatic imine (C=N–C) groups is 1. The second kappa shape index (κ2) is 7.18. The van der Waals surface area contributed by atoms with E-state index in [-0.39, 0.29) is 25.1 Å². The number of carbonyl (C=O) groups excluding carboxylic acids is 2. The first-order chi connectivity index (χ1) is 13.8. The van der Waals surface area contributed by atoms with Gasteiger partial charge in [-0.05, 0) is 32.8 Å². The van der Waals surface area contributed by atoms with Gasteiger partial charge in [-0.2, -0.15) is 0 Å². The number of carbonyl (C=O) groups is 2. The lowest BCUT2D eigenvalue weighted by Gasteiger charge is -2.40. The maximum atomic E-state index is 13.5. The van der Waals surface area contributed by atoms with Crippen LogP contribution in [0.1, 0.15) is 31.4 Å². The zero-order valence-corrected chi connectivity index (χ0v) is 17.3. The molecule has 1 N–H and O–H groups in total. The fourth-order valence-corrected chi connectivity index (χ4v) is 4.32. The summed E-state index contributed by atoms with van der Waals surface area (Å²) in [5, 5.41) is 9.23. The number of hydrogen-bond acceptors (Lipinski definition) is 6. The molecule has 0 radical (unpaired) electrons. The summed E-state index contributed by atoms with van der Waals surface area (Å²) in [6.45, 7) is 6.91. The number of amides is 3. The largest absolute Gasteiger partial charge is 0.396 e. The molecule has 1 aromatic carbocycles. The van der Waals surface area contributed by atoms with Crippen LogP contribution in [0.25, 0.3) is 0 Å². The van der Waals surface area contributed by atoms with Gasteiger partial charge in [0.15, 0.2) is 12.2 Å². The van der Waals surface area contributed by atoms with Crippen LogP contribution >= 0.6 is 0 Å². The van der Waals surface area contributed by atoms with Gasteiger partial charge in [0.2, 0.25) is 5.96 Å². The van der Waals surface area contributed by atoms with E-state index in [1.54, 1.807) is 11.9 Å². The molecule has 0 aromatic heterocycles. The lowest BCUT2D eigenvalue weighted by molar-refractivity contribution is -0.137. The Bertz CT molecular complexity index is 925. The number of urea groups is 1. The van der Waals surface area contributed by atoms with Crippen molar-refractivity contribution in [3.8, 4) is 0 Å². The van der Waals surface area contributed by atoms with Crippen molar-refractivity contribution < 1.29 is 14.7 Å². The van der Waals surface area contributed by atoms with E-state index < -0.39 is 12.2 Å². The van der Waals surface area contributed by atoms with Crippen molar-refractivity contribution in [1.82, 2.24) is 19.6 Å². The minimum absolute atomic E-state index is 0.0879. The minimum atomic E-state index is -0.563. The van der Waals surface area contributed by atoms with Crippen LogP contribution in [0, 0.1) is 6.92 Å². The molecule has 3 heterocycles. The molecule has 29 heavy (non-hydrogen) atoms. The lowest BCUT2D eigenvalue weighted by Crippen LogP contribution is -2.64. The van der Waals surface area contributed by atoms with E-state index in [1.807, 2.05) is 54.8 Å². The summed E-state index contributed by atoms with van der Waals surface area (Å²) in [5.41, 5.74) is 3.99. The van der Waals surface area contributed by atoms with E-state index >= 15 is 0 Å². The second-order valence-corrected chi connectivity index (χ2v) is 7.86. The molecule has 1 saturated heterocycles. The smallest absolute Gasteiger partial charge is 0.328 e. The average Bonchev–Trinajstić information content (AvgIpc) is 3.19. The predicted octanol–water partition coefficient (Wildman–Crippen LogP) is 1.70. The first kappa shape index (κ1) is 19.4. The number of aliphatic hydroxyl groups excluding tert-OH is 1. The first-order valence-electron chi connectivity index (χ1n) is 9.91. The predicted molar refractivity (Wildman–Crippen MR) is 109 cm³/mol. The summed E-state index contributed by atoms with van der Waals surface area (Å²) in [5.74, 6) is 0.461. The molecule has 3 amide bonds. The normalized spacial score (nSPS) is 23.8. The van der Waals surface area contributed by atoms with E-state index in [1.165, 1.54) is 4.90 Å². The minimum Gasteiger partial charge on any atom is -0.396 e. The van der Waals surface area contributed by atoms with Gasteiger partial charge >= 0.3 is 6.03 Å². The molecule has 0 bridgehead atoms. The maximum Gasteiger partial charge on any atom is 0.328 e. The molecule has 0 aliphatic carbocycles. The Kier molecular flexibility index (Phi) is 4.82. The number of likely N-dealkylation sites (N-methyl/N-ethyl adjacent to an activating group) is 1. The number of imide groups is 1. The highest BCUT2D eigenvalue weighted by molar-refractivity contribution is 6.05. The van der Waals surface area contributed by atoms with Crippen molar-refractivity contribution in [3.63, 3.8) is 0 Å². The molecule has 2 unspecified atom stereocenters. The van der Waals surface area contributed by atoms with Crippen LogP contribution in [0.3, 0.4) is 0 Å². The summed E-state index contributed by atoms with van der Waals surface area (Å²) < 4.78 is 0. The number of fused-ring (bicyclic) bond motifs is 3. The van der Waals surface area contributed by atoms with Crippen molar-refractivity contribution in [1.29, 1.82) is 0 Å². The molecule has 154 valence electrons. The monoisotopic (exact) mass is 397 g/mol. The number of aryl methyl sites for hydroxylation is 1. The van der Waals surface area contributed by atoms with Crippen LogP contribution in [0.5, 0.6) is 0 Å². The van der Waals surface area contributed by atoms with Gasteiger partial charge in [0.1, 0.15) is 0 Å². The Labute approximate surface area is 170 Å². The van der Waals surface area contributed by atoms with E-state index in [4.69, 9.17) is 4.99 Å². The first-order valence-corrected chi connectivity index (χ1v) is 9.91. The molecule has 4 rings (SSSR count). The SMILES string of the molecule is CC1=C(C)N2C(=NC3C2C(=O)N(Cc2cccc(C)c2)C(=O)N3C)N1CCCO. The average molecular weight is 397 g/mol. The van der Waals surface area contributed by atoms with Gasteiger partial charge in [-0.25, -0.2) is 9.79 Å². The van der Waals surface area contributed by atoms with Crippen LogP contribution < -0.4 is 0 Å². The molecule has 2 atom stereocenters. The molecular formula is C21H27N5O3. The van der Waals surface area contributed by atoms with E-state index in [2.05, 4.69) is 0 Å².